The topological polar surface area (TPSA) is 62.3 Å². The number of hydrogen-bond donors (Lipinski definition) is 0. The molecule has 2 aliphatic heterocycles. The Morgan fingerprint density at radius 1 is 0.864 bits per heavy atom. The average Bonchev–Trinajstić information content (AvgIpc) is 3.00. The Morgan fingerprint density at radius 2 is 1.41 bits per heavy atom. The van der Waals surface area contributed by atoms with Gasteiger partial charge in [0.1, 0.15) is 11.6 Å². The van der Waals surface area contributed by atoms with Crippen LogP contribution < -0.4 is 4.74 Å². The van der Waals surface area contributed by atoms with Crippen molar-refractivity contribution in [2.24, 2.45) is 11.8 Å². The minimum atomic E-state index is -0.266. The molecule has 7 nitrogen and oxygen atoms in total. The first kappa shape index (κ1) is 37.8. The van der Waals surface area contributed by atoms with E-state index < -0.39 is 0 Å². The van der Waals surface area contributed by atoms with E-state index in [1.807, 2.05) is 29.2 Å². The van der Waals surface area contributed by atoms with Crippen LogP contribution in [0.15, 0.2) is 48.5 Å². The summed E-state index contributed by atoms with van der Waals surface area (Å²) in [5.41, 5.74) is 1.91. The number of ether oxygens (including phenoxy) is 2. The normalized spacial score (nSPS) is 16.6. The molecule has 2 saturated heterocycles. The Balaban J connectivity index is 0.00000337. The van der Waals surface area contributed by atoms with Crippen molar-refractivity contribution in [3.63, 3.8) is 0 Å². The van der Waals surface area contributed by atoms with Crippen LogP contribution in [0.1, 0.15) is 57.1 Å². The summed E-state index contributed by atoms with van der Waals surface area (Å²) in [4.78, 5) is 32.4. The van der Waals surface area contributed by atoms with Gasteiger partial charge >= 0.3 is 5.97 Å². The van der Waals surface area contributed by atoms with Gasteiger partial charge in [-0.2, -0.15) is 0 Å². The van der Waals surface area contributed by atoms with Crippen LogP contribution in [0.3, 0.4) is 0 Å². The fourth-order valence-electron chi connectivity index (χ4n) is 5.98. The van der Waals surface area contributed by atoms with Crippen LogP contribution >= 0.6 is 24.8 Å². The molecule has 10 heteroatoms. The third-order valence-electron chi connectivity index (χ3n) is 8.52. The van der Waals surface area contributed by atoms with Gasteiger partial charge in [0.2, 0.25) is 5.91 Å². The first-order valence-electron chi connectivity index (χ1n) is 15.6. The monoisotopic (exact) mass is 653 g/mol. The number of likely N-dealkylation sites (tertiary alicyclic amines) is 2. The SMILES string of the molecule is COC(=O)C1CCN(CCCN2CCC(N(Cc3ccc(F)cc3)C(=O)Cc3ccc(OCC(C)C)cc3)CC2)CC1.Cl.Cl. The molecule has 0 aromatic heterocycles. The first-order chi connectivity index (χ1) is 20.3. The number of amides is 1. The molecule has 0 unspecified atom stereocenters. The van der Waals surface area contributed by atoms with Gasteiger partial charge < -0.3 is 24.2 Å². The summed E-state index contributed by atoms with van der Waals surface area (Å²) in [5, 5.41) is 0. The Hall–Kier alpha value is -2.39. The number of carbonyl (C=O) groups is 2. The molecule has 4 rings (SSSR count). The summed E-state index contributed by atoms with van der Waals surface area (Å²) in [6, 6.07) is 14.5. The smallest absolute Gasteiger partial charge is 0.308 e. The highest BCUT2D eigenvalue weighted by molar-refractivity contribution is 5.85. The molecule has 0 atom stereocenters. The van der Waals surface area contributed by atoms with Crippen LogP contribution in [0.2, 0.25) is 0 Å². The summed E-state index contributed by atoms with van der Waals surface area (Å²) in [6.07, 6.45) is 5.05. The molecule has 0 radical (unpaired) electrons. The van der Waals surface area contributed by atoms with E-state index in [9.17, 15) is 14.0 Å². The summed E-state index contributed by atoms with van der Waals surface area (Å²) >= 11 is 0. The largest absolute Gasteiger partial charge is 0.493 e. The second-order valence-electron chi connectivity index (χ2n) is 12.2. The summed E-state index contributed by atoms with van der Waals surface area (Å²) < 4.78 is 24.3. The first-order valence-corrected chi connectivity index (χ1v) is 15.6. The maximum atomic E-state index is 13.7. The highest BCUT2D eigenvalue weighted by Crippen LogP contribution is 2.23. The molecule has 2 aliphatic rings. The van der Waals surface area contributed by atoms with Gasteiger partial charge in [0, 0.05) is 25.7 Å². The lowest BCUT2D eigenvalue weighted by molar-refractivity contribution is -0.147. The van der Waals surface area contributed by atoms with Crippen LogP contribution in [-0.2, 0) is 27.3 Å². The second kappa shape index (κ2) is 19.2. The quantitative estimate of drug-likeness (QED) is 0.247. The number of hydrogen-bond acceptors (Lipinski definition) is 6. The molecule has 2 fully saturated rings. The lowest BCUT2D eigenvalue weighted by Gasteiger charge is -2.39. The molecule has 0 spiro atoms. The number of halogens is 3. The van der Waals surface area contributed by atoms with Crippen molar-refractivity contribution < 1.29 is 23.5 Å². The van der Waals surface area contributed by atoms with Crippen LogP contribution in [0.4, 0.5) is 4.39 Å². The molecule has 0 aliphatic carbocycles. The van der Waals surface area contributed by atoms with Crippen LogP contribution in [0.25, 0.3) is 0 Å². The van der Waals surface area contributed by atoms with E-state index in [0.717, 1.165) is 88.2 Å². The van der Waals surface area contributed by atoms with E-state index in [1.165, 1.54) is 19.2 Å². The predicted octanol–water partition coefficient (Wildman–Crippen LogP) is 6.01. The average molecular weight is 655 g/mol. The minimum Gasteiger partial charge on any atom is -0.493 e. The van der Waals surface area contributed by atoms with E-state index in [1.54, 1.807) is 12.1 Å². The number of rotatable bonds is 13. The van der Waals surface area contributed by atoms with Gasteiger partial charge in [0.15, 0.2) is 0 Å². The second-order valence-corrected chi connectivity index (χ2v) is 12.2. The van der Waals surface area contributed by atoms with Gasteiger partial charge in [-0.3, -0.25) is 9.59 Å². The number of methoxy groups -OCH3 is 1. The lowest BCUT2D eigenvalue weighted by Crippen LogP contribution is -2.48. The zero-order valence-electron chi connectivity index (χ0n) is 26.4. The van der Waals surface area contributed by atoms with Gasteiger partial charge in [0.25, 0.3) is 0 Å². The number of benzene rings is 2. The molecule has 0 bridgehead atoms. The number of carbonyl (C=O) groups excluding carboxylic acids is 2. The fourth-order valence-corrected chi connectivity index (χ4v) is 5.98. The summed E-state index contributed by atoms with van der Waals surface area (Å²) in [6.45, 7) is 11.3. The van der Waals surface area contributed by atoms with E-state index in [4.69, 9.17) is 9.47 Å². The van der Waals surface area contributed by atoms with Crippen molar-refractivity contribution in [1.29, 1.82) is 0 Å². The zero-order valence-corrected chi connectivity index (χ0v) is 28.1. The predicted molar refractivity (Wildman–Crippen MR) is 177 cm³/mol. The van der Waals surface area contributed by atoms with Gasteiger partial charge in [-0.25, -0.2) is 4.39 Å². The van der Waals surface area contributed by atoms with E-state index in [0.29, 0.717) is 25.5 Å². The molecule has 2 aromatic rings. The van der Waals surface area contributed by atoms with Crippen molar-refractivity contribution in [2.45, 2.75) is 65.0 Å². The highest BCUT2D eigenvalue weighted by Gasteiger charge is 2.29. The van der Waals surface area contributed by atoms with Crippen molar-refractivity contribution >= 4 is 36.7 Å². The van der Waals surface area contributed by atoms with E-state index in [2.05, 4.69) is 23.6 Å². The zero-order chi connectivity index (χ0) is 29.9. The molecule has 44 heavy (non-hydrogen) atoms. The molecule has 0 saturated carbocycles. The van der Waals surface area contributed by atoms with E-state index in [-0.39, 0.29) is 54.5 Å². The Bertz CT molecular complexity index is 1120. The van der Waals surface area contributed by atoms with Crippen LogP contribution in [-0.4, -0.2) is 85.6 Å². The summed E-state index contributed by atoms with van der Waals surface area (Å²) in [7, 11) is 1.47. The van der Waals surface area contributed by atoms with Crippen molar-refractivity contribution in [3.05, 3.63) is 65.5 Å². The van der Waals surface area contributed by atoms with Crippen LogP contribution in [0, 0.1) is 17.7 Å². The van der Waals surface area contributed by atoms with Gasteiger partial charge in [-0.15, -0.1) is 24.8 Å². The molecule has 246 valence electrons. The van der Waals surface area contributed by atoms with Crippen molar-refractivity contribution in [1.82, 2.24) is 14.7 Å². The van der Waals surface area contributed by atoms with Crippen LogP contribution in [0.5, 0.6) is 5.75 Å². The fraction of sp³-hybridized carbons (Fsp3) is 0.588. The summed E-state index contributed by atoms with van der Waals surface area (Å²) in [5.74, 6) is 1.08. The maximum Gasteiger partial charge on any atom is 0.308 e. The number of nitrogens with zero attached hydrogens (tertiary/aromatic N) is 3. The molecule has 0 N–H and O–H groups in total. The third-order valence-corrected chi connectivity index (χ3v) is 8.52. The van der Waals surface area contributed by atoms with Gasteiger partial charge in [0.05, 0.1) is 26.1 Å². The molecular formula is C34H50Cl2FN3O4. The highest BCUT2D eigenvalue weighted by atomic mass is 35.5. The van der Waals surface area contributed by atoms with Crippen molar-refractivity contribution in [3.8, 4) is 5.75 Å². The lowest BCUT2D eigenvalue weighted by atomic mass is 9.97. The molecule has 1 amide bonds. The Kier molecular flexibility index (Phi) is 16.5. The molecular weight excluding hydrogens is 604 g/mol. The van der Waals surface area contributed by atoms with E-state index >= 15 is 0 Å². The van der Waals surface area contributed by atoms with Gasteiger partial charge in [-0.05, 0) is 99.6 Å². The maximum absolute atomic E-state index is 13.7. The van der Waals surface area contributed by atoms with Gasteiger partial charge in [-0.1, -0.05) is 38.1 Å². The minimum absolute atomic E-state index is 0. The molecule has 2 heterocycles. The van der Waals surface area contributed by atoms with Crippen molar-refractivity contribution in [2.75, 3.05) is 53.0 Å². The third kappa shape index (κ3) is 11.8. The molecule has 2 aromatic carbocycles. The number of piperidine rings is 2. The Labute approximate surface area is 275 Å². The Morgan fingerprint density at radius 3 is 1.95 bits per heavy atom. The standard InChI is InChI=1S/C34H48FN3O4.2ClH/c1-26(2)25-42-32-11-7-27(8-12-32)23-33(39)38(24-28-5-9-30(35)10-6-28)31-15-21-37(22-16-31)18-4-17-36-19-13-29(14-20-36)34(40)41-3;;/h5-12,26,29,31H,4,13-25H2,1-3H3;2*1H. The number of esters is 1.